The predicted octanol–water partition coefficient (Wildman–Crippen LogP) is 1.72. The molecule has 0 radical (unpaired) electrons. The van der Waals surface area contributed by atoms with Crippen molar-refractivity contribution in [3.05, 3.63) is 60.2 Å². The molecule has 7 heteroatoms. The van der Waals surface area contributed by atoms with E-state index < -0.39 is 11.6 Å². The molecule has 3 rings (SSSR count). The van der Waals surface area contributed by atoms with E-state index >= 15 is 0 Å². The molecule has 0 fully saturated rings. The molecule has 0 atom stereocenters. The Morgan fingerprint density at radius 2 is 2.00 bits per heavy atom. The van der Waals surface area contributed by atoms with Gasteiger partial charge in [0.15, 0.2) is 11.6 Å². The summed E-state index contributed by atoms with van der Waals surface area (Å²) in [6.45, 7) is 0. The van der Waals surface area contributed by atoms with Crippen molar-refractivity contribution >= 4 is 17.1 Å². The second-order valence-corrected chi connectivity index (χ2v) is 4.35. The van der Waals surface area contributed by atoms with E-state index in [4.69, 9.17) is 0 Å². The number of ketones is 2. The maximum Gasteiger partial charge on any atom is 0.188 e. The number of carbonyl (C=O) groups is 2. The van der Waals surface area contributed by atoms with Gasteiger partial charge >= 0.3 is 0 Å². The number of fused-ring (bicyclic) bond motifs is 1. The van der Waals surface area contributed by atoms with Crippen LogP contribution in [-0.4, -0.2) is 31.1 Å². The predicted molar refractivity (Wildman–Crippen MR) is 70.5 cm³/mol. The maximum atomic E-state index is 12.8. The van der Waals surface area contributed by atoms with Gasteiger partial charge in [0.25, 0.3) is 0 Å². The van der Waals surface area contributed by atoms with Crippen molar-refractivity contribution < 1.29 is 14.0 Å². The van der Waals surface area contributed by atoms with Gasteiger partial charge < -0.3 is 0 Å². The number of hydrogen-bond donors (Lipinski definition) is 0. The molecule has 0 amide bonds. The highest BCUT2D eigenvalue weighted by Gasteiger charge is 2.18. The fraction of sp³-hybridized carbons (Fsp3) is 0.0714. The molecule has 0 saturated heterocycles. The number of nitrogens with zero attached hydrogens (tertiary/aromatic N) is 4. The van der Waals surface area contributed by atoms with Crippen LogP contribution in [0.5, 0.6) is 0 Å². The summed E-state index contributed by atoms with van der Waals surface area (Å²) >= 11 is 0. The lowest BCUT2D eigenvalue weighted by Gasteiger charge is -1.99. The van der Waals surface area contributed by atoms with E-state index in [1.807, 2.05) is 0 Å². The van der Waals surface area contributed by atoms with Gasteiger partial charge in [-0.1, -0.05) is 0 Å². The van der Waals surface area contributed by atoms with Gasteiger partial charge in [-0.05, 0) is 12.1 Å². The van der Waals surface area contributed by atoms with Gasteiger partial charge in [-0.15, -0.1) is 0 Å². The van der Waals surface area contributed by atoms with E-state index in [-0.39, 0.29) is 17.9 Å². The Morgan fingerprint density at radius 3 is 2.76 bits per heavy atom. The van der Waals surface area contributed by atoms with E-state index in [1.54, 1.807) is 12.4 Å². The van der Waals surface area contributed by atoms with Crippen molar-refractivity contribution in [3.63, 3.8) is 0 Å². The fourth-order valence-corrected chi connectivity index (χ4v) is 1.92. The molecule has 21 heavy (non-hydrogen) atoms. The van der Waals surface area contributed by atoms with Crippen molar-refractivity contribution in [2.45, 2.75) is 6.42 Å². The Morgan fingerprint density at radius 1 is 1.14 bits per heavy atom. The lowest BCUT2D eigenvalue weighted by Crippen LogP contribution is -2.10. The summed E-state index contributed by atoms with van der Waals surface area (Å²) in [5, 5.41) is 4.01. The fourth-order valence-electron chi connectivity index (χ4n) is 1.92. The molecule has 0 N–H and O–H groups in total. The average molecular weight is 284 g/mol. The third kappa shape index (κ3) is 2.53. The third-order valence-corrected chi connectivity index (χ3v) is 2.96. The Balaban J connectivity index is 1.83. The molecule has 0 spiro atoms. The Kier molecular flexibility index (Phi) is 3.23. The van der Waals surface area contributed by atoms with Crippen LogP contribution in [0.25, 0.3) is 5.52 Å². The monoisotopic (exact) mass is 284 g/mol. The topological polar surface area (TPSA) is 77.2 Å². The van der Waals surface area contributed by atoms with E-state index in [9.17, 15) is 14.0 Å². The zero-order valence-electron chi connectivity index (χ0n) is 10.7. The summed E-state index contributed by atoms with van der Waals surface area (Å²) in [5.74, 6) is -1.39. The van der Waals surface area contributed by atoms with E-state index in [0.29, 0.717) is 11.1 Å². The number of Topliss-reactive ketones (excluding diaryl/α,β-unsaturated/α-hetero) is 2. The maximum absolute atomic E-state index is 12.8. The molecule has 0 bridgehead atoms. The number of rotatable bonds is 4. The highest BCUT2D eigenvalue weighted by molar-refractivity contribution is 6.15. The van der Waals surface area contributed by atoms with Gasteiger partial charge in [0, 0.05) is 12.4 Å². The molecule has 3 heterocycles. The van der Waals surface area contributed by atoms with E-state index in [2.05, 4.69) is 15.1 Å². The highest BCUT2D eigenvalue weighted by Crippen LogP contribution is 2.13. The van der Waals surface area contributed by atoms with Crippen molar-refractivity contribution in [1.29, 1.82) is 0 Å². The zero-order valence-corrected chi connectivity index (χ0v) is 10.7. The van der Waals surface area contributed by atoms with Crippen LogP contribution in [-0.2, 0) is 0 Å². The number of carbonyl (C=O) groups excluding carboxylic acids is 2. The van der Waals surface area contributed by atoms with Crippen molar-refractivity contribution in [2.24, 2.45) is 0 Å². The molecule has 3 aromatic rings. The van der Waals surface area contributed by atoms with Crippen molar-refractivity contribution in [3.8, 4) is 0 Å². The van der Waals surface area contributed by atoms with Gasteiger partial charge in [-0.25, -0.2) is 8.91 Å². The zero-order chi connectivity index (χ0) is 14.8. The van der Waals surface area contributed by atoms with Crippen molar-refractivity contribution in [2.75, 3.05) is 0 Å². The van der Waals surface area contributed by atoms with Gasteiger partial charge in [-0.3, -0.25) is 19.6 Å². The first-order valence-electron chi connectivity index (χ1n) is 6.10. The molecule has 0 aliphatic heterocycles. The van der Waals surface area contributed by atoms with Crippen LogP contribution in [0.4, 0.5) is 4.39 Å². The second-order valence-electron chi connectivity index (χ2n) is 4.35. The normalized spacial score (nSPS) is 10.7. The summed E-state index contributed by atoms with van der Waals surface area (Å²) in [6.07, 6.45) is 6.63. The number of pyridine rings is 1. The summed E-state index contributed by atoms with van der Waals surface area (Å²) in [6, 6.07) is 2.38. The van der Waals surface area contributed by atoms with Crippen LogP contribution in [0, 0.1) is 5.82 Å². The Labute approximate surface area is 118 Å². The standard InChI is InChI=1S/C14H9FN4O2/c15-9-1-2-11(17-6-9)14(21)5-13(20)10-7-18-19-4-3-16-8-12(10)19/h1-4,6-8H,5H2. The van der Waals surface area contributed by atoms with Crippen LogP contribution in [0.1, 0.15) is 27.3 Å². The second kappa shape index (κ2) is 5.20. The van der Waals surface area contributed by atoms with Gasteiger partial charge in [0.05, 0.1) is 36.1 Å². The first-order chi connectivity index (χ1) is 10.1. The summed E-state index contributed by atoms with van der Waals surface area (Å²) in [5.41, 5.74) is 0.903. The molecule has 0 aromatic carbocycles. The third-order valence-electron chi connectivity index (χ3n) is 2.96. The van der Waals surface area contributed by atoms with Crippen LogP contribution >= 0.6 is 0 Å². The SMILES string of the molecule is O=C(CC(=O)c1cnn2ccncc12)c1ccc(F)cn1. The Hall–Kier alpha value is -2.96. The van der Waals surface area contributed by atoms with E-state index in [1.165, 1.54) is 23.0 Å². The number of halogens is 1. The molecule has 104 valence electrons. The molecule has 0 aliphatic carbocycles. The molecule has 6 nitrogen and oxygen atoms in total. The quantitative estimate of drug-likeness (QED) is 0.538. The molecule has 3 aromatic heterocycles. The highest BCUT2D eigenvalue weighted by atomic mass is 19.1. The Bertz CT molecular complexity index is 826. The first-order valence-corrected chi connectivity index (χ1v) is 6.10. The average Bonchev–Trinajstić information content (AvgIpc) is 2.92. The summed E-state index contributed by atoms with van der Waals surface area (Å²) in [7, 11) is 0. The molecule has 0 aliphatic rings. The molecular formula is C14H9FN4O2. The largest absolute Gasteiger partial charge is 0.294 e. The van der Waals surface area contributed by atoms with Crippen molar-refractivity contribution in [1.82, 2.24) is 19.6 Å². The summed E-state index contributed by atoms with van der Waals surface area (Å²) < 4.78 is 14.3. The molecule has 0 saturated carbocycles. The minimum Gasteiger partial charge on any atom is -0.294 e. The van der Waals surface area contributed by atoms with Crippen LogP contribution in [0.15, 0.2) is 43.1 Å². The number of hydrogen-bond acceptors (Lipinski definition) is 5. The summed E-state index contributed by atoms with van der Waals surface area (Å²) in [4.78, 5) is 31.7. The van der Waals surface area contributed by atoms with Gasteiger partial charge in [0.1, 0.15) is 11.5 Å². The van der Waals surface area contributed by atoms with Crippen LogP contribution < -0.4 is 0 Å². The lowest BCUT2D eigenvalue weighted by atomic mass is 10.1. The minimum atomic E-state index is -0.536. The van der Waals surface area contributed by atoms with Gasteiger partial charge in [-0.2, -0.15) is 5.10 Å². The van der Waals surface area contributed by atoms with Crippen LogP contribution in [0.3, 0.4) is 0 Å². The minimum absolute atomic E-state index is 0.0550. The van der Waals surface area contributed by atoms with Gasteiger partial charge in [0.2, 0.25) is 0 Å². The molecular weight excluding hydrogens is 275 g/mol. The first kappa shape index (κ1) is 13.0. The van der Waals surface area contributed by atoms with Crippen LogP contribution in [0.2, 0.25) is 0 Å². The lowest BCUT2D eigenvalue weighted by molar-refractivity contribution is 0.0892. The smallest absolute Gasteiger partial charge is 0.188 e. The number of aromatic nitrogens is 4. The molecule has 0 unspecified atom stereocenters. The van der Waals surface area contributed by atoms with E-state index in [0.717, 1.165) is 12.3 Å².